The zero-order valence-corrected chi connectivity index (χ0v) is 12.9. The summed E-state index contributed by atoms with van der Waals surface area (Å²) in [5, 5.41) is 3.62. The fraction of sp³-hybridized carbons (Fsp3) is 0.188. The second-order valence-electron chi connectivity index (χ2n) is 4.82. The minimum Gasteiger partial charge on any atom is -0.457 e. The normalized spacial score (nSPS) is 11.7. The van der Waals surface area contributed by atoms with Gasteiger partial charge in [-0.1, -0.05) is 12.1 Å². The van der Waals surface area contributed by atoms with E-state index < -0.39 is 0 Å². The van der Waals surface area contributed by atoms with Crippen molar-refractivity contribution < 1.29 is 9.53 Å². The molecule has 2 rings (SSSR count). The van der Waals surface area contributed by atoms with E-state index in [-0.39, 0.29) is 18.4 Å². The average molecular weight is 311 g/mol. The van der Waals surface area contributed by atoms with Gasteiger partial charge in [0, 0.05) is 12.4 Å². The highest BCUT2D eigenvalue weighted by atomic mass is 16.5. The molecule has 2 N–H and O–H groups in total. The molecule has 0 aliphatic carbocycles. The maximum absolute atomic E-state index is 11.1. The van der Waals surface area contributed by atoms with Crippen LogP contribution in [0, 0.1) is 6.92 Å². The average Bonchev–Trinajstić information content (AvgIpc) is 2.55. The second kappa shape index (κ2) is 7.79. The monoisotopic (exact) mass is 311 g/mol. The molecule has 0 saturated heterocycles. The minimum atomic E-state index is -0.106. The van der Waals surface area contributed by atoms with Gasteiger partial charge in [-0.25, -0.2) is 9.97 Å². The quantitative estimate of drug-likeness (QED) is 0.381. The molecule has 23 heavy (non-hydrogen) atoms. The molecule has 1 heterocycles. The Bertz CT molecular complexity index is 738. The second-order valence-corrected chi connectivity index (χ2v) is 4.82. The van der Waals surface area contributed by atoms with Crippen LogP contribution in [-0.4, -0.2) is 34.3 Å². The molecule has 0 bridgehead atoms. The van der Waals surface area contributed by atoms with Crippen LogP contribution in [0.2, 0.25) is 0 Å². The molecule has 0 atom stereocenters. The standard InChI is InChI=1S/C16H17N5O2/c1-11-4-3-5-14(6-11)18-9-15(21-17)10-23-16-19-7-13(8-20-16)12(2)22/h3-9H,10,17H2,1-2H3. The number of carbonyl (C=O) groups excluding carboxylic acids is 1. The van der Waals surface area contributed by atoms with Gasteiger partial charge in [0.2, 0.25) is 0 Å². The lowest BCUT2D eigenvalue weighted by Crippen LogP contribution is -2.16. The van der Waals surface area contributed by atoms with Crippen molar-refractivity contribution in [2.45, 2.75) is 13.8 Å². The smallest absolute Gasteiger partial charge is 0.316 e. The molecular weight excluding hydrogens is 294 g/mol. The Morgan fingerprint density at radius 2 is 2.09 bits per heavy atom. The predicted molar refractivity (Wildman–Crippen MR) is 88.5 cm³/mol. The highest BCUT2D eigenvalue weighted by molar-refractivity contribution is 6.31. The molecule has 118 valence electrons. The maximum atomic E-state index is 11.1. The van der Waals surface area contributed by atoms with Gasteiger partial charge in [0.25, 0.3) is 0 Å². The molecule has 0 aliphatic heterocycles. The molecule has 0 amide bonds. The molecule has 0 unspecified atom stereocenters. The van der Waals surface area contributed by atoms with E-state index in [4.69, 9.17) is 10.6 Å². The molecule has 1 aromatic carbocycles. The van der Waals surface area contributed by atoms with E-state index in [0.29, 0.717) is 11.3 Å². The van der Waals surface area contributed by atoms with Gasteiger partial charge in [-0.15, -0.1) is 0 Å². The number of benzene rings is 1. The topological polar surface area (TPSA) is 103 Å². The first-order chi connectivity index (χ1) is 11.1. The lowest BCUT2D eigenvalue weighted by molar-refractivity contribution is 0.101. The summed E-state index contributed by atoms with van der Waals surface area (Å²) in [4.78, 5) is 23.3. The number of nitrogens with two attached hydrogens (primary N) is 1. The number of hydrazone groups is 1. The third kappa shape index (κ3) is 4.99. The Morgan fingerprint density at radius 1 is 1.35 bits per heavy atom. The summed E-state index contributed by atoms with van der Waals surface area (Å²) < 4.78 is 5.37. The SMILES string of the molecule is CC(=O)c1cnc(OCC(C=Nc2cccc(C)c2)=NN)nc1. The number of ketones is 1. The third-order valence-corrected chi connectivity index (χ3v) is 2.91. The molecular formula is C16H17N5O2. The fourth-order valence-electron chi connectivity index (χ4n) is 1.68. The molecule has 1 aromatic heterocycles. The lowest BCUT2D eigenvalue weighted by atomic mass is 10.2. The van der Waals surface area contributed by atoms with Gasteiger partial charge in [0.1, 0.15) is 12.3 Å². The Morgan fingerprint density at radius 3 is 2.70 bits per heavy atom. The van der Waals surface area contributed by atoms with Gasteiger partial charge in [-0.3, -0.25) is 9.79 Å². The summed E-state index contributed by atoms with van der Waals surface area (Å²) in [6, 6.07) is 7.86. The summed E-state index contributed by atoms with van der Waals surface area (Å²) in [5.41, 5.74) is 2.77. The largest absolute Gasteiger partial charge is 0.457 e. The van der Waals surface area contributed by atoms with E-state index in [2.05, 4.69) is 20.1 Å². The summed E-state index contributed by atoms with van der Waals surface area (Å²) in [7, 11) is 0. The van der Waals surface area contributed by atoms with E-state index in [1.807, 2.05) is 31.2 Å². The van der Waals surface area contributed by atoms with Crippen molar-refractivity contribution in [3.8, 4) is 6.01 Å². The van der Waals surface area contributed by atoms with Crippen LogP contribution in [0.3, 0.4) is 0 Å². The first kappa shape index (κ1) is 16.3. The first-order valence-electron chi connectivity index (χ1n) is 6.92. The van der Waals surface area contributed by atoms with Gasteiger partial charge in [-0.2, -0.15) is 5.10 Å². The molecule has 0 saturated carbocycles. The predicted octanol–water partition coefficient (Wildman–Crippen LogP) is 2.08. The number of Topliss-reactive ketones (excluding diaryl/α,β-unsaturated/α-hetero) is 1. The van der Waals surface area contributed by atoms with E-state index in [0.717, 1.165) is 11.3 Å². The van der Waals surface area contributed by atoms with Crippen molar-refractivity contribution in [2.75, 3.05) is 6.61 Å². The first-order valence-corrected chi connectivity index (χ1v) is 6.92. The van der Waals surface area contributed by atoms with Crippen molar-refractivity contribution in [3.63, 3.8) is 0 Å². The van der Waals surface area contributed by atoms with Crippen LogP contribution in [0.15, 0.2) is 46.8 Å². The van der Waals surface area contributed by atoms with Crippen LogP contribution in [0.25, 0.3) is 0 Å². The number of aliphatic imine (C=N–C) groups is 1. The van der Waals surface area contributed by atoms with Crippen molar-refractivity contribution in [1.82, 2.24) is 9.97 Å². The van der Waals surface area contributed by atoms with Crippen LogP contribution in [0.1, 0.15) is 22.8 Å². The maximum Gasteiger partial charge on any atom is 0.316 e. The number of carbonyl (C=O) groups is 1. The van der Waals surface area contributed by atoms with Crippen LogP contribution in [-0.2, 0) is 0 Å². The van der Waals surface area contributed by atoms with Crippen molar-refractivity contribution in [2.24, 2.45) is 15.9 Å². The number of hydrogen-bond acceptors (Lipinski definition) is 7. The third-order valence-electron chi connectivity index (χ3n) is 2.91. The molecule has 0 aliphatic rings. The number of aryl methyl sites for hydroxylation is 1. The molecule has 7 nitrogen and oxygen atoms in total. The van der Waals surface area contributed by atoms with Gasteiger partial charge >= 0.3 is 6.01 Å². The highest BCUT2D eigenvalue weighted by Gasteiger charge is 2.04. The van der Waals surface area contributed by atoms with E-state index in [1.54, 1.807) is 0 Å². The molecule has 0 radical (unpaired) electrons. The van der Waals surface area contributed by atoms with Gasteiger partial charge in [0.05, 0.1) is 17.5 Å². The highest BCUT2D eigenvalue weighted by Crippen LogP contribution is 2.12. The Hall–Kier alpha value is -3.09. The summed E-state index contributed by atoms with van der Waals surface area (Å²) >= 11 is 0. The Balaban J connectivity index is 1.96. The Labute approximate surface area is 133 Å². The van der Waals surface area contributed by atoms with Crippen LogP contribution in [0.5, 0.6) is 6.01 Å². The van der Waals surface area contributed by atoms with Crippen molar-refractivity contribution in [3.05, 3.63) is 47.8 Å². The molecule has 7 heteroatoms. The molecule has 2 aromatic rings. The van der Waals surface area contributed by atoms with Gasteiger partial charge in [-0.05, 0) is 31.5 Å². The van der Waals surface area contributed by atoms with Crippen molar-refractivity contribution >= 4 is 23.4 Å². The summed E-state index contributed by atoms with van der Waals surface area (Å²) in [5.74, 6) is 5.22. The van der Waals surface area contributed by atoms with Crippen molar-refractivity contribution in [1.29, 1.82) is 0 Å². The minimum absolute atomic E-state index is 0.0746. The van der Waals surface area contributed by atoms with Gasteiger partial charge < -0.3 is 10.6 Å². The van der Waals surface area contributed by atoms with E-state index >= 15 is 0 Å². The number of aromatic nitrogens is 2. The van der Waals surface area contributed by atoms with Crippen LogP contribution in [0.4, 0.5) is 5.69 Å². The lowest BCUT2D eigenvalue weighted by Gasteiger charge is -2.03. The van der Waals surface area contributed by atoms with E-state index in [1.165, 1.54) is 25.5 Å². The number of hydrogen-bond donors (Lipinski definition) is 1. The van der Waals surface area contributed by atoms with Crippen LogP contribution >= 0.6 is 0 Å². The molecule has 0 spiro atoms. The summed E-state index contributed by atoms with van der Waals surface area (Å²) in [6.07, 6.45) is 4.34. The number of ether oxygens (including phenoxy) is 1. The van der Waals surface area contributed by atoms with Crippen LogP contribution < -0.4 is 10.6 Å². The van der Waals surface area contributed by atoms with Gasteiger partial charge in [0.15, 0.2) is 5.78 Å². The number of nitrogens with zero attached hydrogens (tertiary/aromatic N) is 4. The zero-order valence-electron chi connectivity index (χ0n) is 12.9. The Kier molecular flexibility index (Phi) is 5.51. The summed E-state index contributed by atoms with van der Waals surface area (Å²) in [6.45, 7) is 3.51. The number of rotatable bonds is 6. The zero-order chi connectivity index (χ0) is 16.7. The fourth-order valence-corrected chi connectivity index (χ4v) is 1.68. The molecule has 0 fully saturated rings. The van der Waals surface area contributed by atoms with E-state index in [9.17, 15) is 4.79 Å².